The standard InChI is InChI=1S/C8H11N3O2/c1-5-9-4-6(7(12)10-5)8(13)11(2)3/h4H,1-3H3,(H,9,10,12). The summed E-state index contributed by atoms with van der Waals surface area (Å²) in [6.07, 6.45) is 1.29. The number of aromatic nitrogens is 2. The molecule has 1 amide bonds. The maximum absolute atomic E-state index is 11.3. The van der Waals surface area contributed by atoms with Gasteiger partial charge in [0, 0.05) is 20.3 Å². The van der Waals surface area contributed by atoms with E-state index in [9.17, 15) is 9.59 Å². The summed E-state index contributed by atoms with van der Waals surface area (Å²) in [5.74, 6) is 0.161. The molecular weight excluding hydrogens is 170 g/mol. The number of rotatable bonds is 1. The molecule has 1 aromatic rings. The quantitative estimate of drug-likeness (QED) is 0.651. The summed E-state index contributed by atoms with van der Waals surface area (Å²) in [5, 5.41) is 0. The van der Waals surface area contributed by atoms with Crippen molar-refractivity contribution in [3.05, 3.63) is 27.9 Å². The van der Waals surface area contributed by atoms with Gasteiger partial charge in [-0.2, -0.15) is 0 Å². The fourth-order valence-corrected chi connectivity index (χ4v) is 0.877. The zero-order valence-corrected chi connectivity index (χ0v) is 7.79. The Morgan fingerprint density at radius 1 is 1.54 bits per heavy atom. The van der Waals surface area contributed by atoms with Crippen molar-refractivity contribution in [3.8, 4) is 0 Å². The molecule has 0 bridgehead atoms. The Morgan fingerprint density at radius 2 is 2.15 bits per heavy atom. The van der Waals surface area contributed by atoms with Crippen LogP contribution in [0.3, 0.4) is 0 Å². The molecule has 1 aromatic heterocycles. The average Bonchev–Trinajstić information content (AvgIpc) is 2.03. The fourth-order valence-electron chi connectivity index (χ4n) is 0.877. The van der Waals surface area contributed by atoms with E-state index in [2.05, 4.69) is 9.97 Å². The van der Waals surface area contributed by atoms with Crippen LogP contribution in [0.5, 0.6) is 0 Å². The highest BCUT2D eigenvalue weighted by Crippen LogP contribution is 1.93. The second-order valence-corrected chi connectivity index (χ2v) is 2.91. The van der Waals surface area contributed by atoms with Crippen molar-refractivity contribution in [1.82, 2.24) is 14.9 Å². The Balaban J connectivity index is 3.17. The highest BCUT2D eigenvalue weighted by atomic mass is 16.2. The van der Waals surface area contributed by atoms with E-state index in [0.717, 1.165) is 0 Å². The zero-order chi connectivity index (χ0) is 10.0. The van der Waals surface area contributed by atoms with Crippen LogP contribution in [0.1, 0.15) is 16.2 Å². The molecule has 5 nitrogen and oxygen atoms in total. The van der Waals surface area contributed by atoms with Gasteiger partial charge in [-0.15, -0.1) is 0 Å². The minimum Gasteiger partial charge on any atom is -0.345 e. The summed E-state index contributed by atoms with van der Waals surface area (Å²) in [4.78, 5) is 30.2. The minimum atomic E-state index is -0.397. The maximum atomic E-state index is 11.3. The molecule has 0 unspecified atom stereocenters. The van der Waals surface area contributed by atoms with Crippen molar-refractivity contribution in [3.63, 3.8) is 0 Å². The summed E-state index contributed by atoms with van der Waals surface area (Å²) >= 11 is 0. The van der Waals surface area contributed by atoms with Gasteiger partial charge in [0.15, 0.2) is 0 Å². The van der Waals surface area contributed by atoms with Gasteiger partial charge in [0.1, 0.15) is 11.4 Å². The smallest absolute Gasteiger partial charge is 0.263 e. The Bertz CT molecular complexity index is 381. The first kappa shape index (κ1) is 9.44. The fraction of sp³-hybridized carbons (Fsp3) is 0.375. The van der Waals surface area contributed by atoms with E-state index in [1.54, 1.807) is 21.0 Å². The molecule has 0 radical (unpaired) electrons. The third-order valence-electron chi connectivity index (χ3n) is 1.56. The topological polar surface area (TPSA) is 66.1 Å². The molecule has 1 rings (SSSR count). The lowest BCUT2D eigenvalue weighted by atomic mass is 10.3. The normalized spacial score (nSPS) is 9.77. The van der Waals surface area contributed by atoms with E-state index in [1.807, 2.05) is 0 Å². The molecular formula is C8H11N3O2. The monoisotopic (exact) mass is 181 g/mol. The first-order valence-corrected chi connectivity index (χ1v) is 3.80. The van der Waals surface area contributed by atoms with E-state index in [0.29, 0.717) is 5.82 Å². The van der Waals surface area contributed by atoms with Gasteiger partial charge in [-0.1, -0.05) is 0 Å². The SMILES string of the molecule is Cc1ncc(C(=O)N(C)C)c(=O)[nH]1. The van der Waals surface area contributed by atoms with Gasteiger partial charge in [-0.05, 0) is 6.92 Å². The molecule has 1 heterocycles. The molecule has 0 fully saturated rings. The van der Waals surface area contributed by atoms with Crippen molar-refractivity contribution in [2.75, 3.05) is 14.1 Å². The number of amides is 1. The minimum absolute atomic E-state index is 0.0654. The Morgan fingerprint density at radius 3 is 2.62 bits per heavy atom. The van der Waals surface area contributed by atoms with E-state index >= 15 is 0 Å². The number of carbonyl (C=O) groups is 1. The average molecular weight is 181 g/mol. The summed E-state index contributed by atoms with van der Waals surface area (Å²) in [6.45, 7) is 1.66. The molecule has 0 aliphatic carbocycles. The van der Waals surface area contributed by atoms with Gasteiger partial charge >= 0.3 is 0 Å². The molecule has 0 saturated carbocycles. The van der Waals surface area contributed by atoms with E-state index in [1.165, 1.54) is 11.1 Å². The van der Waals surface area contributed by atoms with Gasteiger partial charge in [-0.25, -0.2) is 4.98 Å². The van der Waals surface area contributed by atoms with Crippen LogP contribution < -0.4 is 5.56 Å². The number of nitrogens with one attached hydrogen (secondary N) is 1. The molecule has 5 heteroatoms. The lowest BCUT2D eigenvalue weighted by molar-refractivity contribution is 0.0825. The van der Waals surface area contributed by atoms with Gasteiger partial charge in [0.2, 0.25) is 0 Å². The third kappa shape index (κ3) is 1.93. The number of nitrogens with zero attached hydrogens (tertiary/aromatic N) is 2. The first-order valence-electron chi connectivity index (χ1n) is 3.80. The number of H-pyrrole nitrogens is 1. The Hall–Kier alpha value is -1.65. The van der Waals surface area contributed by atoms with Gasteiger partial charge < -0.3 is 9.88 Å². The van der Waals surface area contributed by atoms with E-state index in [4.69, 9.17) is 0 Å². The number of hydrogen-bond acceptors (Lipinski definition) is 3. The van der Waals surface area contributed by atoms with Crippen molar-refractivity contribution in [1.29, 1.82) is 0 Å². The van der Waals surface area contributed by atoms with Crippen LogP contribution in [0, 0.1) is 6.92 Å². The van der Waals surface area contributed by atoms with Gasteiger partial charge in [-0.3, -0.25) is 9.59 Å². The Labute approximate surface area is 75.4 Å². The van der Waals surface area contributed by atoms with Crippen LogP contribution in [0.15, 0.2) is 11.0 Å². The molecule has 0 atom stereocenters. The van der Waals surface area contributed by atoms with Crippen LogP contribution in [0.2, 0.25) is 0 Å². The van der Waals surface area contributed by atoms with Crippen molar-refractivity contribution < 1.29 is 4.79 Å². The molecule has 0 aliphatic rings. The lowest BCUT2D eigenvalue weighted by Crippen LogP contribution is -2.29. The number of hydrogen-bond donors (Lipinski definition) is 1. The van der Waals surface area contributed by atoms with Crippen LogP contribution >= 0.6 is 0 Å². The predicted octanol–water partition coefficient (Wildman–Crippen LogP) is -0.220. The second-order valence-electron chi connectivity index (χ2n) is 2.91. The molecule has 0 spiro atoms. The number of aromatic amines is 1. The number of aryl methyl sites for hydroxylation is 1. The maximum Gasteiger partial charge on any atom is 0.263 e. The predicted molar refractivity (Wildman–Crippen MR) is 47.6 cm³/mol. The summed E-state index contributed by atoms with van der Waals surface area (Å²) < 4.78 is 0. The highest BCUT2D eigenvalue weighted by molar-refractivity contribution is 5.93. The zero-order valence-electron chi connectivity index (χ0n) is 7.79. The molecule has 0 saturated heterocycles. The second kappa shape index (κ2) is 3.38. The van der Waals surface area contributed by atoms with E-state index in [-0.39, 0.29) is 11.5 Å². The lowest BCUT2D eigenvalue weighted by Gasteiger charge is -2.08. The summed E-state index contributed by atoms with van der Waals surface area (Å²) in [5.41, 5.74) is -0.332. The van der Waals surface area contributed by atoms with Crippen LogP contribution in [-0.4, -0.2) is 34.9 Å². The molecule has 13 heavy (non-hydrogen) atoms. The molecule has 0 aliphatic heterocycles. The molecule has 70 valence electrons. The van der Waals surface area contributed by atoms with Crippen molar-refractivity contribution in [2.45, 2.75) is 6.92 Å². The molecule has 1 N–H and O–H groups in total. The number of carbonyl (C=O) groups excluding carboxylic acids is 1. The Kier molecular flexibility index (Phi) is 2.46. The largest absolute Gasteiger partial charge is 0.345 e. The summed E-state index contributed by atoms with van der Waals surface area (Å²) in [6, 6.07) is 0. The summed E-state index contributed by atoms with van der Waals surface area (Å²) in [7, 11) is 3.17. The first-order chi connectivity index (χ1) is 6.02. The third-order valence-corrected chi connectivity index (χ3v) is 1.56. The van der Waals surface area contributed by atoms with Crippen molar-refractivity contribution >= 4 is 5.91 Å². The van der Waals surface area contributed by atoms with Gasteiger partial charge in [0.05, 0.1) is 0 Å². The van der Waals surface area contributed by atoms with Crippen LogP contribution in [-0.2, 0) is 0 Å². The van der Waals surface area contributed by atoms with Crippen LogP contribution in [0.4, 0.5) is 0 Å². The van der Waals surface area contributed by atoms with Crippen LogP contribution in [0.25, 0.3) is 0 Å². The van der Waals surface area contributed by atoms with E-state index < -0.39 is 5.56 Å². The van der Waals surface area contributed by atoms with Crippen molar-refractivity contribution in [2.24, 2.45) is 0 Å². The molecule has 0 aromatic carbocycles. The highest BCUT2D eigenvalue weighted by Gasteiger charge is 2.12. The van der Waals surface area contributed by atoms with Gasteiger partial charge in [0.25, 0.3) is 11.5 Å².